The highest BCUT2D eigenvalue weighted by atomic mass is 35.5. The summed E-state index contributed by atoms with van der Waals surface area (Å²) in [5.74, 6) is -0.0827. The van der Waals surface area contributed by atoms with Crippen molar-refractivity contribution in [2.75, 3.05) is 49.9 Å². The lowest BCUT2D eigenvalue weighted by molar-refractivity contribution is 0.0954. The lowest BCUT2D eigenvalue weighted by atomic mass is 10.1. The van der Waals surface area contributed by atoms with Gasteiger partial charge in [-0.1, -0.05) is 42.6 Å². The third kappa shape index (κ3) is 6.65. The number of nitrogens with one attached hydrogen (secondary N) is 1. The van der Waals surface area contributed by atoms with Gasteiger partial charge in [0.25, 0.3) is 5.91 Å². The fourth-order valence-corrected chi connectivity index (χ4v) is 3.90. The number of anilines is 2. The van der Waals surface area contributed by atoms with Crippen molar-refractivity contribution in [2.24, 2.45) is 0 Å². The molecule has 1 aliphatic rings. The number of nitrogens with zero attached hydrogens (tertiary/aromatic N) is 2. The summed E-state index contributed by atoms with van der Waals surface area (Å²) in [7, 11) is 0. The van der Waals surface area contributed by atoms with Gasteiger partial charge in [-0.05, 0) is 49.7 Å². The zero-order valence-corrected chi connectivity index (χ0v) is 17.7. The summed E-state index contributed by atoms with van der Waals surface area (Å²) in [6.07, 6.45) is 4.53. The molecule has 0 aromatic heterocycles. The lowest BCUT2D eigenvalue weighted by Crippen LogP contribution is -2.46. The Balaban J connectivity index is 1.24. The van der Waals surface area contributed by atoms with Crippen molar-refractivity contribution in [3.63, 3.8) is 0 Å². The SMILES string of the molecule is Nc1ccccc1C(=O)NCCCCCCN1CCN(c2cccc(Cl)c2)CC1. The van der Waals surface area contributed by atoms with Crippen molar-refractivity contribution >= 4 is 28.9 Å². The molecule has 1 heterocycles. The number of nitrogen functional groups attached to an aromatic ring is 1. The largest absolute Gasteiger partial charge is 0.398 e. The Labute approximate surface area is 178 Å². The van der Waals surface area contributed by atoms with Gasteiger partial charge in [0.1, 0.15) is 0 Å². The summed E-state index contributed by atoms with van der Waals surface area (Å²) in [4.78, 5) is 17.0. The predicted molar refractivity (Wildman–Crippen MR) is 122 cm³/mol. The van der Waals surface area contributed by atoms with E-state index < -0.39 is 0 Å². The standard InChI is InChI=1S/C23H31ClN4O/c24-19-8-7-9-20(18-19)28-16-14-27(15-17-28)13-6-2-1-5-12-26-23(29)21-10-3-4-11-22(21)25/h3-4,7-11,18H,1-2,5-6,12-17,25H2,(H,26,29). The first-order valence-electron chi connectivity index (χ1n) is 10.5. The smallest absolute Gasteiger partial charge is 0.253 e. The highest BCUT2D eigenvalue weighted by molar-refractivity contribution is 6.30. The molecule has 156 valence electrons. The van der Waals surface area contributed by atoms with E-state index in [0.29, 0.717) is 17.8 Å². The summed E-state index contributed by atoms with van der Waals surface area (Å²) < 4.78 is 0. The molecule has 0 saturated carbocycles. The summed E-state index contributed by atoms with van der Waals surface area (Å²) in [6.45, 7) is 6.15. The van der Waals surface area contributed by atoms with Gasteiger partial charge >= 0.3 is 0 Å². The molecule has 0 aliphatic carbocycles. The Kier molecular flexibility index (Phi) is 8.20. The number of piperazine rings is 1. The number of unbranched alkanes of at least 4 members (excludes halogenated alkanes) is 3. The first-order valence-corrected chi connectivity index (χ1v) is 10.9. The Morgan fingerprint density at radius 2 is 1.72 bits per heavy atom. The molecule has 2 aromatic rings. The number of hydrogen-bond donors (Lipinski definition) is 2. The first-order chi connectivity index (χ1) is 14.1. The number of nitrogens with two attached hydrogens (primary N) is 1. The van der Waals surface area contributed by atoms with Crippen LogP contribution in [0.25, 0.3) is 0 Å². The zero-order chi connectivity index (χ0) is 20.5. The van der Waals surface area contributed by atoms with E-state index in [4.69, 9.17) is 17.3 Å². The fraction of sp³-hybridized carbons (Fsp3) is 0.435. The molecule has 6 heteroatoms. The summed E-state index contributed by atoms with van der Waals surface area (Å²) in [5, 5.41) is 3.76. The number of rotatable bonds is 9. The van der Waals surface area contributed by atoms with Gasteiger partial charge in [0, 0.05) is 49.1 Å². The number of amides is 1. The number of benzene rings is 2. The molecule has 1 saturated heterocycles. The Hall–Kier alpha value is -2.24. The molecule has 3 rings (SSSR count). The number of para-hydroxylation sites is 1. The minimum absolute atomic E-state index is 0.0827. The quantitative estimate of drug-likeness (QED) is 0.480. The van der Waals surface area contributed by atoms with Crippen LogP contribution < -0.4 is 16.0 Å². The second-order valence-corrected chi connectivity index (χ2v) is 8.00. The molecule has 29 heavy (non-hydrogen) atoms. The molecule has 2 aromatic carbocycles. The van der Waals surface area contributed by atoms with Crippen LogP contribution in [0.3, 0.4) is 0 Å². The Morgan fingerprint density at radius 3 is 2.48 bits per heavy atom. The van der Waals surface area contributed by atoms with Crippen molar-refractivity contribution in [3.8, 4) is 0 Å². The van der Waals surface area contributed by atoms with E-state index >= 15 is 0 Å². The molecule has 0 spiro atoms. The molecule has 5 nitrogen and oxygen atoms in total. The van der Waals surface area contributed by atoms with Crippen LogP contribution in [-0.4, -0.2) is 50.1 Å². The topological polar surface area (TPSA) is 61.6 Å². The van der Waals surface area contributed by atoms with Crippen molar-refractivity contribution in [3.05, 3.63) is 59.1 Å². The van der Waals surface area contributed by atoms with Crippen LogP contribution in [0, 0.1) is 0 Å². The van der Waals surface area contributed by atoms with Gasteiger partial charge in [0.2, 0.25) is 0 Å². The van der Waals surface area contributed by atoms with E-state index in [-0.39, 0.29) is 5.91 Å². The maximum Gasteiger partial charge on any atom is 0.253 e. The summed E-state index contributed by atoms with van der Waals surface area (Å²) in [5.41, 5.74) is 8.14. The highest BCUT2D eigenvalue weighted by Crippen LogP contribution is 2.21. The zero-order valence-electron chi connectivity index (χ0n) is 16.9. The van der Waals surface area contributed by atoms with Gasteiger partial charge in [-0.3, -0.25) is 9.69 Å². The third-order valence-electron chi connectivity index (χ3n) is 5.44. The number of hydrogen-bond acceptors (Lipinski definition) is 4. The second kappa shape index (κ2) is 11.1. The predicted octanol–water partition coefficient (Wildman–Crippen LogP) is 4.03. The van der Waals surface area contributed by atoms with Crippen LogP contribution in [0.2, 0.25) is 5.02 Å². The van der Waals surface area contributed by atoms with Crippen molar-refractivity contribution < 1.29 is 4.79 Å². The maximum absolute atomic E-state index is 12.1. The lowest BCUT2D eigenvalue weighted by Gasteiger charge is -2.36. The van der Waals surface area contributed by atoms with E-state index in [1.807, 2.05) is 30.3 Å². The van der Waals surface area contributed by atoms with Gasteiger partial charge in [-0.15, -0.1) is 0 Å². The van der Waals surface area contributed by atoms with Gasteiger partial charge in [-0.2, -0.15) is 0 Å². The molecular formula is C23H31ClN4O. The van der Waals surface area contributed by atoms with E-state index in [0.717, 1.165) is 50.6 Å². The Morgan fingerprint density at radius 1 is 0.966 bits per heavy atom. The molecule has 0 radical (unpaired) electrons. The van der Waals surface area contributed by atoms with Crippen LogP contribution in [-0.2, 0) is 0 Å². The molecule has 0 bridgehead atoms. The molecule has 1 amide bonds. The van der Waals surface area contributed by atoms with Crippen LogP contribution in [0.15, 0.2) is 48.5 Å². The van der Waals surface area contributed by atoms with Crippen LogP contribution in [0.5, 0.6) is 0 Å². The molecule has 3 N–H and O–H groups in total. The van der Waals surface area contributed by atoms with E-state index in [1.54, 1.807) is 12.1 Å². The van der Waals surface area contributed by atoms with Crippen LogP contribution >= 0.6 is 11.6 Å². The normalized spacial score (nSPS) is 14.7. The average molecular weight is 415 g/mol. The molecule has 1 fully saturated rings. The molecule has 1 aliphatic heterocycles. The molecular weight excluding hydrogens is 384 g/mol. The maximum atomic E-state index is 12.1. The van der Waals surface area contributed by atoms with E-state index in [1.165, 1.54) is 18.5 Å². The first kappa shape index (κ1) is 21.5. The van der Waals surface area contributed by atoms with Crippen molar-refractivity contribution in [1.29, 1.82) is 0 Å². The Bertz CT molecular complexity index is 790. The highest BCUT2D eigenvalue weighted by Gasteiger charge is 2.16. The summed E-state index contributed by atoms with van der Waals surface area (Å²) in [6, 6.07) is 15.3. The second-order valence-electron chi connectivity index (χ2n) is 7.57. The van der Waals surface area contributed by atoms with E-state index in [2.05, 4.69) is 21.2 Å². The third-order valence-corrected chi connectivity index (χ3v) is 5.67. The van der Waals surface area contributed by atoms with Gasteiger partial charge in [0.15, 0.2) is 0 Å². The van der Waals surface area contributed by atoms with Crippen LogP contribution in [0.4, 0.5) is 11.4 Å². The van der Waals surface area contributed by atoms with Gasteiger partial charge < -0.3 is 16.0 Å². The average Bonchev–Trinajstić information content (AvgIpc) is 2.73. The van der Waals surface area contributed by atoms with E-state index in [9.17, 15) is 4.79 Å². The molecule has 0 atom stereocenters. The fourth-order valence-electron chi connectivity index (χ4n) is 3.72. The number of halogens is 1. The minimum Gasteiger partial charge on any atom is -0.398 e. The number of carbonyl (C=O) groups is 1. The van der Waals surface area contributed by atoms with Crippen LogP contribution in [0.1, 0.15) is 36.0 Å². The molecule has 0 unspecified atom stereocenters. The van der Waals surface area contributed by atoms with Crippen molar-refractivity contribution in [2.45, 2.75) is 25.7 Å². The van der Waals surface area contributed by atoms with Gasteiger partial charge in [-0.25, -0.2) is 0 Å². The monoisotopic (exact) mass is 414 g/mol. The number of carbonyl (C=O) groups excluding carboxylic acids is 1. The van der Waals surface area contributed by atoms with Crippen molar-refractivity contribution in [1.82, 2.24) is 10.2 Å². The minimum atomic E-state index is -0.0827. The van der Waals surface area contributed by atoms with Gasteiger partial charge in [0.05, 0.1) is 5.56 Å². The summed E-state index contributed by atoms with van der Waals surface area (Å²) >= 11 is 6.10.